The van der Waals surface area contributed by atoms with Crippen LogP contribution in [0.3, 0.4) is 0 Å². The number of rotatable bonds is 4. The molecule has 0 unspecified atom stereocenters. The van der Waals surface area contributed by atoms with Crippen LogP contribution in [-0.2, 0) is 14.8 Å². The van der Waals surface area contributed by atoms with E-state index in [-0.39, 0.29) is 9.92 Å². The summed E-state index contributed by atoms with van der Waals surface area (Å²) < 4.78 is 29.4. The van der Waals surface area contributed by atoms with E-state index in [1.165, 1.54) is 12.3 Å². The maximum absolute atomic E-state index is 12.1. The maximum atomic E-state index is 12.1. The van der Waals surface area contributed by atoms with Crippen molar-refractivity contribution in [2.45, 2.75) is 4.90 Å². The summed E-state index contributed by atoms with van der Waals surface area (Å²) in [6.07, 6.45) is 1.26. The second-order valence-corrected chi connectivity index (χ2v) is 6.01. The average molecular weight is 307 g/mol. The highest BCUT2D eigenvalue weighted by Gasteiger charge is 2.21. The third-order valence-corrected chi connectivity index (χ3v) is 4.25. The lowest BCUT2D eigenvalue weighted by molar-refractivity contribution is 0.0272. The molecule has 19 heavy (non-hydrogen) atoms. The minimum atomic E-state index is -3.66. The number of sulfonamides is 1. The third-order valence-electron chi connectivity index (χ3n) is 2.62. The number of aromatic nitrogens is 1. The van der Waals surface area contributed by atoms with Gasteiger partial charge in [-0.15, -0.1) is 4.83 Å². The van der Waals surface area contributed by atoms with Crippen molar-refractivity contribution >= 4 is 27.4 Å². The van der Waals surface area contributed by atoms with Gasteiger partial charge in [-0.25, -0.2) is 18.4 Å². The smallest absolute Gasteiger partial charge is 0.255 e. The van der Waals surface area contributed by atoms with Crippen LogP contribution >= 0.6 is 11.6 Å². The number of anilines is 1. The first kappa shape index (κ1) is 14.5. The van der Waals surface area contributed by atoms with Gasteiger partial charge < -0.3 is 10.1 Å². The summed E-state index contributed by atoms with van der Waals surface area (Å²) in [6, 6.07) is 1.36. The van der Waals surface area contributed by atoms with Crippen LogP contribution in [0.2, 0.25) is 5.02 Å². The van der Waals surface area contributed by atoms with Crippen molar-refractivity contribution in [3.05, 3.63) is 17.3 Å². The molecule has 2 rings (SSSR count). The van der Waals surface area contributed by atoms with Crippen molar-refractivity contribution in [3.63, 3.8) is 0 Å². The summed E-state index contributed by atoms with van der Waals surface area (Å²) in [6.45, 7) is 2.02. The summed E-state index contributed by atoms with van der Waals surface area (Å²) in [5, 5.41) is 4.62. The first-order valence-corrected chi connectivity index (χ1v) is 7.57. The second kappa shape index (κ2) is 6.02. The number of halogens is 1. The molecule has 1 aromatic heterocycles. The van der Waals surface area contributed by atoms with Crippen LogP contribution in [0.25, 0.3) is 0 Å². The molecule has 9 heteroatoms. The van der Waals surface area contributed by atoms with Gasteiger partial charge in [-0.2, -0.15) is 0 Å². The van der Waals surface area contributed by atoms with Crippen molar-refractivity contribution in [1.82, 2.24) is 14.8 Å². The van der Waals surface area contributed by atoms with Crippen LogP contribution < -0.4 is 10.1 Å². The zero-order chi connectivity index (χ0) is 13.9. The Balaban J connectivity index is 2.16. The number of ether oxygens (including phenoxy) is 1. The molecule has 0 spiro atoms. The van der Waals surface area contributed by atoms with Gasteiger partial charge >= 0.3 is 0 Å². The van der Waals surface area contributed by atoms with Gasteiger partial charge in [-0.05, 0) is 6.07 Å². The Morgan fingerprint density at radius 2 is 2.11 bits per heavy atom. The van der Waals surface area contributed by atoms with Crippen molar-refractivity contribution < 1.29 is 13.2 Å². The van der Waals surface area contributed by atoms with Crippen molar-refractivity contribution in [2.75, 3.05) is 38.7 Å². The fourth-order valence-electron chi connectivity index (χ4n) is 1.63. The SMILES string of the molecule is CNc1ncc(S(=O)(=O)NN2CCOCC2)cc1Cl. The van der Waals surface area contributed by atoms with Gasteiger partial charge in [0.2, 0.25) is 0 Å². The molecule has 0 radical (unpaired) electrons. The van der Waals surface area contributed by atoms with Crippen LogP contribution in [0, 0.1) is 0 Å². The largest absolute Gasteiger partial charge is 0.379 e. The Labute approximate surface area is 116 Å². The summed E-state index contributed by atoms with van der Waals surface area (Å²) in [5.41, 5.74) is 0. The maximum Gasteiger partial charge on any atom is 0.255 e. The molecule has 0 aliphatic carbocycles. The Hall–Kier alpha value is -0.930. The minimum absolute atomic E-state index is 0.0305. The third kappa shape index (κ3) is 3.54. The van der Waals surface area contributed by atoms with Gasteiger partial charge in [0.25, 0.3) is 10.0 Å². The lowest BCUT2D eigenvalue weighted by atomic mass is 10.4. The summed E-state index contributed by atoms with van der Waals surface area (Å²) in [4.78, 5) is 6.46. The van der Waals surface area contributed by atoms with Crippen LogP contribution in [-0.4, -0.2) is 51.8 Å². The van der Waals surface area contributed by atoms with Gasteiger partial charge in [-0.3, -0.25) is 0 Å². The Morgan fingerprint density at radius 3 is 2.68 bits per heavy atom. The van der Waals surface area contributed by atoms with Gasteiger partial charge in [0.15, 0.2) is 0 Å². The fourth-order valence-corrected chi connectivity index (χ4v) is 3.05. The van der Waals surface area contributed by atoms with E-state index in [0.29, 0.717) is 32.1 Å². The highest BCUT2D eigenvalue weighted by molar-refractivity contribution is 7.89. The molecule has 7 nitrogen and oxygen atoms in total. The molecule has 0 aromatic carbocycles. The monoisotopic (exact) mass is 306 g/mol. The molecular formula is C10H15ClN4O3S. The lowest BCUT2D eigenvalue weighted by Crippen LogP contribution is -2.48. The molecule has 1 aromatic rings. The highest BCUT2D eigenvalue weighted by atomic mass is 35.5. The minimum Gasteiger partial charge on any atom is -0.379 e. The molecule has 1 saturated heterocycles. The Bertz CT molecular complexity index is 546. The van der Waals surface area contributed by atoms with Gasteiger partial charge in [-0.1, -0.05) is 11.6 Å². The lowest BCUT2D eigenvalue weighted by Gasteiger charge is -2.26. The summed E-state index contributed by atoms with van der Waals surface area (Å²) in [7, 11) is -2.00. The number of nitrogens with one attached hydrogen (secondary N) is 2. The van der Waals surface area contributed by atoms with Gasteiger partial charge in [0, 0.05) is 26.3 Å². The number of hydrazine groups is 1. The van der Waals surface area contributed by atoms with E-state index < -0.39 is 10.0 Å². The average Bonchev–Trinajstić information content (AvgIpc) is 2.39. The first-order valence-electron chi connectivity index (χ1n) is 5.71. The topological polar surface area (TPSA) is 83.6 Å². The Morgan fingerprint density at radius 1 is 1.42 bits per heavy atom. The summed E-state index contributed by atoms with van der Waals surface area (Å²) >= 11 is 5.93. The number of morpholine rings is 1. The molecule has 0 atom stereocenters. The molecule has 1 aliphatic heterocycles. The molecule has 0 amide bonds. The predicted octanol–water partition coefficient (Wildman–Crippen LogP) is 0.302. The fraction of sp³-hybridized carbons (Fsp3) is 0.500. The zero-order valence-electron chi connectivity index (χ0n) is 10.4. The molecule has 2 heterocycles. The molecular weight excluding hydrogens is 292 g/mol. The Kier molecular flexibility index (Phi) is 4.58. The molecule has 2 N–H and O–H groups in total. The second-order valence-electron chi connectivity index (χ2n) is 3.95. The molecule has 0 bridgehead atoms. The van der Waals surface area contributed by atoms with E-state index in [1.807, 2.05) is 0 Å². The number of hydrogen-bond donors (Lipinski definition) is 2. The standard InChI is InChI=1S/C10H15ClN4O3S/c1-12-10-9(11)6-8(7-13-10)19(16,17)14-15-2-4-18-5-3-15/h6-7,14H,2-5H2,1H3,(H,12,13). The highest BCUT2D eigenvalue weighted by Crippen LogP contribution is 2.21. The van der Waals surface area contributed by atoms with Crippen LogP contribution in [0.5, 0.6) is 0 Å². The molecule has 1 aliphatic rings. The van der Waals surface area contributed by atoms with Crippen molar-refractivity contribution in [1.29, 1.82) is 0 Å². The summed E-state index contributed by atoms with van der Waals surface area (Å²) in [5.74, 6) is 0.437. The number of hydrogen-bond acceptors (Lipinski definition) is 6. The van der Waals surface area contributed by atoms with Gasteiger partial charge in [0.1, 0.15) is 10.7 Å². The number of pyridine rings is 1. The normalized spacial score (nSPS) is 17.4. The van der Waals surface area contributed by atoms with E-state index in [9.17, 15) is 8.42 Å². The van der Waals surface area contributed by atoms with Crippen molar-refractivity contribution in [3.8, 4) is 0 Å². The van der Waals surface area contributed by atoms with Crippen LogP contribution in [0.4, 0.5) is 5.82 Å². The van der Waals surface area contributed by atoms with Gasteiger partial charge in [0.05, 0.1) is 18.2 Å². The molecule has 1 fully saturated rings. The van der Waals surface area contributed by atoms with E-state index in [1.54, 1.807) is 12.1 Å². The van der Waals surface area contributed by atoms with E-state index in [4.69, 9.17) is 16.3 Å². The van der Waals surface area contributed by atoms with Crippen molar-refractivity contribution in [2.24, 2.45) is 0 Å². The molecule has 0 saturated carbocycles. The van der Waals surface area contributed by atoms with E-state index >= 15 is 0 Å². The number of nitrogens with zero attached hydrogens (tertiary/aromatic N) is 2. The van der Waals surface area contributed by atoms with E-state index in [2.05, 4.69) is 15.1 Å². The van der Waals surface area contributed by atoms with Crippen LogP contribution in [0.1, 0.15) is 0 Å². The molecule has 106 valence electrons. The quantitative estimate of drug-likeness (QED) is 0.832. The van der Waals surface area contributed by atoms with Crippen LogP contribution in [0.15, 0.2) is 17.2 Å². The predicted molar refractivity (Wildman–Crippen MR) is 71.5 cm³/mol. The first-order chi connectivity index (χ1) is 9.03. The zero-order valence-corrected chi connectivity index (χ0v) is 12.0. The van der Waals surface area contributed by atoms with E-state index in [0.717, 1.165) is 0 Å².